The zero-order valence-corrected chi connectivity index (χ0v) is 15.8. The van der Waals surface area contributed by atoms with Gasteiger partial charge < -0.3 is 18.9 Å². The van der Waals surface area contributed by atoms with Crippen molar-refractivity contribution in [3.63, 3.8) is 0 Å². The second-order valence-corrected chi connectivity index (χ2v) is 5.92. The molecule has 3 aromatic rings. The first kappa shape index (κ1) is 19.2. The molecule has 0 radical (unpaired) electrons. The van der Waals surface area contributed by atoms with Gasteiger partial charge in [0, 0.05) is 17.7 Å². The van der Waals surface area contributed by atoms with Gasteiger partial charge in [-0.05, 0) is 30.3 Å². The van der Waals surface area contributed by atoms with Crippen LogP contribution in [0.4, 0.5) is 0 Å². The van der Waals surface area contributed by atoms with Gasteiger partial charge in [-0.3, -0.25) is 4.79 Å². The molecule has 0 saturated heterocycles. The maximum atomic E-state index is 12.7. The van der Waals surface area contributed by atoms with E-state index in [4.69, 9.17) is 14.0 Å². The Bertz CT molecular complexity index is 953. The van der Waals surface area contributed by atoms with Gasteiger partial charge in [-0.25, -0.2) is 0 Å². The van der Waals surface area contributed by atoms with E-state index in [0.717, 1.165) is 5.56 Å². The molecule has 2 aromatic carbocycles. The predicted molar refractivity (Wildman–Crippen MR) is 104 cm³/mol. The Kier molecular flexibility index (Phi) is 6.06. The fraction of sp³-hybridized carbons (Fsp3) is 0.190. The largest absolute Gasteiger partial charge is 0.493 e. The van der Waals surface area contributed by atoms with Crippen molar-refractivity contribution in [3.8, 4) is 22.9 Å². The molecule has 0 fully saturated rings. The fourth-order valence-electron chi connectivity index (χ4n) is 2.71. The predicted octanol–water partition coefficient (Wildman–Crippen LogP) is 3.58. The van der Waals surface area contributed by atoms with E-state index in [0.29, 0.717) is 35.3 Å². The molecule has 0 aliphatic rings. The molecule has 1 aromatic heterocycles. The number of methoxy groups -OCH3 is 2. The molecule has 0 saturated carbocycles. The van der Waals surface area contributed by atoms with Crippen molar-refractivity contribution >= 4 is 5.91 Å². The van der Waals surface area contributed by atoms with Gasteiger partial charge in [-0.15, -0.1) is 6.58 Å². The van der Waals surface area contributed by atoms with Crippen molar-refractivity contribution in [3.05, 3.63) is 72.6 Å². The number of hydrogen-bond donors (Lipinski definition) is 0. The fourth-order valence-corrected chi connectivity index (χ4v) is 2.71. The number of ether oxygens (including phenoxy) is 2. The van der Waals surface area contributed by atoms with Gasteiger partial charge in [-0.2, -0.15) is 4.98 Å². The van der Waals surface area contributed by atoms with Crippen molar-refractivity contribution in [2.45, 2.75) is 6.54 Å². The van der Waals surface area contributed by atoms with Crippen LogP contribution in [0, 0.1) is 0 Å². The average Bonchev–Trinajstić information content (AvgIpc) is 3.21. The van der Waals surface area contributed by atoms with Crippen LogP contribution in [0.1, 0.15) is 16.2 Å². The summed E-state index contributed by atoms with van der Waals surface area (Å²) in [4.78, 5) is 18.7. The van der Waals surface area contributed by atoms with E-state index in [1.54, 1.807) is 49.5 Å². The Labute approximate surface area is 163 Å². The Morgan fingerprint density at radius 3 is 2.57 bits per heavy atom. The number of carbonyl (C=O) groups is 1. The lowest BCUT2D eigenvalue weighted by Gasteiger charge is -2.19. The zero-order valence-electron chi connectivity index (χ0n) is 15.8. The van der Waals surface area contributed by atoms with E-state index in [1.807, 2.05) is 24.3 Å². The van der Waals surface area contributed by atoms with Crippen LogP contribution in [0.25, 0.3) is 11.4 Å². The van der Waals surface area contributed by atoms with E-state index in [2.05, 4.69) is 16.7 Å². The van der Waals surface area contributed by atoms with Gasteiger partial charge in [0.1, 0.15) is 6.54 Å². The summed E-state index contributed by atoms with van der Waals surface area (Å²) < 4.78 is 15.9. The summed E-state index contributed by atoms with van der Waals surface area (Å²) in [7, 11) is 3.13. The van der Waals surface area contributed by atoms with Crippen molar-refractivity contribution in [2.24, 2.45) is 0 Å². The summed E-state index contributed by atoms with van der Waals surface area (Å²) in [6, 6.07) is 14.4. The van der Waals surface area contributed by atoms with Crippen LogP contribution in [-0.4, -0.2) is 41.7 Å². The third-order valence-corrected chi connectivity index (χ3v) is 4.09. The summed E-state index contributed by atoms with van der Waals surface area (Å²) in [5.74, 6) is 1.78. The monoisotopic (exact) mass is 379 g/mol. The van der Waals surface area contributed by atoms with Crippen LogP contribution < -0.4 is 9.47 Å². The molecule has 0 N–H and O–H groups in total. The Balaban J connectivity index is 1.80. The molecule has 28 heavy (non-hydrogen) atoms. The van der Waals surface area contributed by atoms with E-state index in [9.17, 15) is 4.79 Å². The summed E-state index contributed by atoms with van der Waals surface area (Å²) in [6.45, 7) is 4.26. The molecular weight excluding hydrogens is 358 g/mol. The van der Waals surface area contributed by atoms with Gasteiger partial charge in [0.25, 0.3) is 5.91 Å². The zero-order chi connectivity index (χ0) is 19.9. The molecule has 3 rings (SSSR count). The first-order chi connectivity index (χ1) is 13.7. The molecule has 0 atom stereocenters. The minimum absolute atomic E-state index is 0.133. The molecule has 0 unspecified atom stereocenters. The standard InChI is InChI=1S/C21H21N3O4/c1-4-12-24(21(25)15-8-6-5-7-9-15)14-19-22-20(23-28-19)16-10-11-17(26-2)18(13-16)27-3/h4-11,13H,1,12,14H2,2-3H3. The maximum Gasteiger partial charge on any atom is 0.254 e. The smallest absolute Gasteiger partial charge is 0.254 e. The number of rotatable bonds is 8. The number of nitrogens with zero attached hydrogens (tertiary/aromatic N) is 3. The first-order valence-corrected chi connectivity index (χ1v) is 8.66. The van der Waals surface area contributed by atoms with E-state index in [1.165, 1.54) is 0 Å². The summed E-state index contributed by atoms with van der Waals surface area (Å²) >= 11 is 0. The van der Waals surface area contributed by atoms with Crippen molar-refractivity contribution < 1.29 is 18.8 Å². The van der Waals surface area contributed by atoms with Crippen LogP contribution >= 0.6 is 0 Å². The van der Waals surface area contributed by atoms with Crippen molar-refractivity contribution in [1.82, 2.24) is 15.0 Å². The quantitative estimate of drug-likeness (QED) is 0.557. The summed E-state index contributed by atoms with van der Waals surface area (Å²) in [6.07, 6.45) is 1.66. The van der Waals surface area contributed by atoms with Gasteiger partial charge in [0.05, 0.1) is 14.2 Å². The SMILES string of the molecule is C=CCN(Cc1nc(-c2ccc(OC)c(OC)c2)no1)C(=O)c1ccccc1. The minimum atomic E-state index is -0.133. The highest BCUT2D eigenvalue weighted by atomic mass is 16.5. The second-order valence-electron chi connectivity index (χ2n) is 5.92. The van der Waals surface area contributed by atoms with Crippen LogP contribution in [0.15, 0.2) is 65.7 Å². The number of carbonyl (C=O) groups excluding carboxylic acids is 1. The van der Waals surface area contributed by atoms with Crippen LogP contribution in [0.3, 0.4) is 0 Å². The lowest BCUT2D eigenvalue weighted by Crippen LogP contribution is -2.30. The molecule has 7 nitrogen and oxygen atoms in total. The van der Waals surface area contributed by atoms with Gasteiger partial charge >= 0.3 is 0 Å². The van der Waals surface area contributed by atoms with Crippen LogP contribution in [-0.2, 0) is 6.54 Å². The molecule has 7 heteroatoms. The highest BCUT2D eigenvalue weighted by molar-refractivity contribution is 5.94. The van der Waals surface area contributed by atoms with E-state index in [-0.39, 0.29) is 12.5 Å². The lowest BCUT2D eigenvalue weighted by atomic mass is 10.2. The Morgan fingerprint density at radius 2 is 1.89 bits per heavy atom. The van der Waals surface area contributed by atoms with Gasteiger partial charge in [0.15, 0.2) is 11.5 Å². The highest BCUT2D eigenvalue weighted by Crippen LogP contribution is 2.31. The van der Waals surface area contributed by atoms with E-state index >= 15 is 0 Å². The Morgan fingerprint density at radius 1 is 1.14 bits per heavy atom. The molecule has 144 valence electrons. The van der Waals surface area contributed by atoms with Crippen LogP contribution in [0.5, 0.6) is 11.5 Å². The number of aromatic nitrogens is 2. The molecule has 1 amide bonds. The maximum absolute atomic E-state index is 12.7. The van der Waals surface area contributed by atoms with Gasteiger partial charge in [-0.1, -0.05) is 29.4 Å². The molecular formula is C21H21N3O4. The Hall–Kier alpha value is -3.61. The summed E-state index contributed by atoms with van der Waals surface area (Å²) in [5.41, 5.74) is 1.31. The number of amides is 1. The summed E-state index contributed by atoms with van der Waals surface area (Å²) in [5, 5.41) is 4.02. The van der Waals surface area contributed by atoms with Gasteiger partial charge in [0.2, 0.25) is 11.7 Å². The third-order valence-electron chi connectivity index (χ3n) is 4.09. The first-order valence-electron chi connectivity index (χ1n) is 8.66. The number of benzene rings is 2. The number of hydrogen-bond acceptors (Lipinski definition) is 6. The molecule has 0 aliphatic carbocycles. The van der Waals surface area contributed by atoms with E-state index < -0.39 is 0 Å². The topological polar surface area (TPSA) is 77.7 Å². The van der Waals surface area contributed by atoms with Crippen molar-refractivity contribution in [2.75, 3.05) is 20.8 Å². The minimum Gasteiger partial charge on any atom is -0.493 e. The van der Waals surface area contributed by atoms with Crippen molar-refractivity contribution in [1.29, 1.82) is 0 Å². The molecule has 0 aliphatic heterocycles. The molecule has 0 bridgehead atoms. The molecule has 0 spiro atoms. The second kappa shape index (κ2) is 8.85. The average molecular weight is 379 g/mol. The molecule has 1 heterocycles. The third kappa shape index (κ3) is 4.20. The normalized spacial score (nSPS) is 10.4. The highest BCUT2D eigenvalue weighted by Gasteiger charge is 2.19. The van der Waals surface area contributed by atoms with Crippen LogP contribution in [0.2, 0.25) is 0 Å². The lowest BCUT2D eigenvalue weighted by molar-refractivity contribution is 0.0745.